The molecule has 2 N–H and O–H groups in total. The molecule has 1 saturated carbocycles. The minimum atomic E-state index is -0.335. The number of hydrogen-bond donors (Lipinski definition) is 1. The van der Waals surface area contributed by atoms with Crippen LogP contribution in [0.5, 0.6) is 5.88 Å². The van der Waals surface area contributed by atoms with Crippen molar-refractivity contribution in [1.29, 1.82) is 0 Å². The smallest absolute Gasteiger partial charge is 0.237 e. The molecule has 0 radical (unpaired) electrons. The molecule has 0 saturated heterocycles. The molecule has 1 aliphatic carbocycles. The van der Waals surface area contributed by atoms with Crippen molar-refractivity contribution in [3.05, 3.63) is 18.1 Å². The maximum atomic E-state index is 6.37. The molecule has 1 aromatic heterocycles. The van der Waals surface area contributed by atoms with E-state index in [1.54, 1.807) is 19.5 Å². The Bertz CT molecular complexity index is 334. The van der Waals surface area contributed by atoms with Gasteiger partial charge in [-0.3, -0.25) is 4.98 Å². The van der Waals surface area contributed by atoms with Crippen LogP contribution in [0.4, 0.5) is 0 Å². The molecule has 4 nitrogen and oxygen atoms in total. The predicted octanol–water partition coefficient (Wildman–Crippen LogP) is 1.60. The first-order chi connectivity index (χ1) is 7.26. The average Bonchev–Trinajstić information content (AvgIpc) is 2.30. The number of nitrogens with zero attached hydrogens (tertiary/aromatic N) is 2. The number of methoxy groups -OCH3 is 1. The van der Waals surface area contributed by atoms with Crippen molar-refractivity contribution >= 4 is 0 Å². The van der Waals surface area contributed by atoms with Crippen LogP contribution in [-0.2, 0) is 5.54 Å². The molecule has 1 heterocycles. The lowest BCUT2D eigenvalue weighted by molar-refractivity contribution is 0.277. The van der Waals surface area contributed by atoms with Gasteiger partial charge in [-0.05, 0) is 12.8 Å². The molecule has 0 aliphatic heterocycles. The Morgan fingerprint density at radius 3 is 2.53 bits per heavy atom. The van der Waals surface area contributed by atoms with E-state index < -0.39 is 0 Å². The van der Waals surface area contributed by atoms with Crippen LogP contribution in [0.15, 0.2) is 12.4 Å². The summed E-state index contributed by atoms with van der Waals surface area (Å²) in [5.41, 5.74) is 6.85. The van der Waals surface area contributed by atoms with Gasteiger partial charge < -0.3 is 10.5 Å². The van der Waals surface area contributed by atoms with Gasteiger partial charge in [0.1, 0.15) is 5.69 Å². The van der Waals surface area contributed by atoms with Gasteiger partial charge in [-0.2, -0.15) is 0 Å². The molecular formula is C11H17N3O. The molecule has 0 amide bonds. The third-order valence-corrected chi connectivity index (χ3v) is 3.08. The van der Waals surface area contributed by atoms with Crippen molar-refractivity contribution in [3.63, 3.8) is 0 Å². The Hall–Kier alpha value is -1.16. The summed E-state index contributed by atoms with van der Waals surface area (Å²) < 4.78 is 5.21. The highest BCUT2D eigenvalue weighted by molar-refractivity contribution is 5.26. The highest BCUT2D eigenvalue weighted by atomic mass is 16.5. The first-order valence-corrected chi connectivity index (χ1v) is 5.41. The maximum absolute atomic E-state index is 6.37. The van der Waals surface area contributed by atoms with Crippen LogP contribution >= 0.6 is 0 Å². The van der Waals surface area contributed by atoms with Gasteiger partial charge in [-0.15, -0.1) is 0 Å². The maximum Gasteiger partial charge on any atom is 0.237 e. The third-order valence-electron chi connectivity index (χ3n) is 3.08. The van der Waals surface area contributed by atoms with Gasteiger partial charge in [-0.25, -0.2) is 4.98 Å². The normalized spacial score (nSPS) is 19.9. The molecule has 0 unspecified atom stereocenters. The second-order valence-corrected chi connectivity index (χ2v) is 4.13. The molecule has 0 spiro atoms. The van der Waals surface area contributed by atoms with Crippen molar-refractivity contribution < 1.29 is 4.74 Å². The van der Waals surface area contributed by atoms with Crippen molar-refractivity contribution in [2.75, 3.05) is 7.11 Å². The van der Waals surface area contributed by atoms with E-state index in [2.05, 4.69) is 9.97 Å². The van der Waals surface area contributed by atoms with Crippen molar-refractivity contribution in [1.82, 2.24) is 9.97 Å². The lowest BCUT2D eigenvalue weighted by Crippen LogP contribution is -2.39. The predicted molar refractivity (Wildman–Crippen MR) is 57.5 cm³/mol. The zero-order chi connectivity index (χ0) is 10.7. The van der Waals surface area contributed by atoms with Gasteiger partial charge in [0.2, 0.25) is 5.88 Å². The van der Waals surface area contributed by atoms with Gasteiger partial charge in [0.15, 0.2) is 0 Å². The fraction of sp³-hybridized carbons (Fsp3) is 0.636. The van der Waals surface area contributed by atoms with Crippen LogP contribution in [0.25, 0.3) is 0 Å². The Morgan fingerprint density at radius 1 is 1.20 bits per heavy atom. The highest BCUT2D eigenvalue weighted by Gasteiger charge is 2.33. The summed E-state index contributed by atoms with van der Waals surface area (Å²) in [6.07, 6.45) is 8.85. The number of hydrogen-bond acceptors (Lipinski definition) is 4. The van der Waals surface area contributed by atoms with Crippen LogP contribution < -0.4 is 10.5 Å². The molecule has 4 heteroatoms. The molecule has 0 aromatic carbocycles. The Morgan fingerprint density at radius 2 is 1.87 bits per heavy atom. The fourth-order valence-electron chi connectivity index (χ4n) is 2.24. The van der Waals surface area contributed by atoms with Gasteiger partial charge in [0.25, 0.3) is 0 Å². The quantitative estimate of drug-likeness (QED) is 0.800. The topological polar surface area (TPSA) is 61.0 Å². The lowest BCUT2D eigenvalue weighted by Gasteiger charge is -2.33. The zero-order valence-corrected chi connectivity index (χ0v) is 9.07. The van der Waals surface area contributed by atoms with E-state index in [9.17, 15) is 0 Å². The van der Waals surface area contributed by atoms with E-state index in [0.717, 1.165) is 31.4 Å². The van der Waals surface area contributed by atoms with E-state index in [1.165, 1.54) is 6.42 Å². The molecule has 1 fully saturated rings. The van der Waals surface area contributed by atoms with Crippen molar-refractivity contribution in [2.45, 2.75) is 37.6 Å². The molecule has 82 valence electrons. The Labute approximate surface area is 89.9 Å². The van der Waals surface area contributed by atoms with Crippen LogP contribution in [0.2, 0.25) is 0 Å². The summed E-state index contributed by atoms with van der Waals surface area (Å²) in [4.78, 5) is 8.49. The standard InChI is InChI=1S/C11H17N3O/c1-15-10-9(13-7-8-14-10)11(12)5-3-2-4-6-11/h7-8H,2-6,12H2,1H3. The molecule has 2 rings (SSSR count). The Kier molecular flexibility index (Phi) is 2.86. The summed E-state index contributed by atoms with van der Waals surface area (Å²) in [7, 11) is 1.61. The van der Waals surface area contributed by atoms with Gasteiger partial charge in [0, 0.05) is 12.4 Å². The largest absolute Gasteiger partial charge is 0.480 e. The van der Waals surface area contributed by atoms with E-state index in [0.29, 0.717) is 5.88 Å². The van der Waals surface area contributed by atoms with Crippen molar-refractivity contribution in [2.24, 2.45) is 5.73 Å². The third kappa shape index (κ3) is 1.95. The minimum absolute atomic E-state index is 0.335. The van der Waals surface area contributed by atoms with E-state index in [-0.39, 0.29) is 5.54 Å². The second-order valence-electron chi connectivity index (χ2n) is 4.13. The van der Waals surface area contributed by atoms with Gasteiger partial charge >= 0.3 is 0 Å². The van der Waals surface area contributed by atoms with Crippen LogP contribution in [0.1, 0.15) is 37.8 Å². The molecule has 1 aromatic rings. The number of aromatic nitrogens is 2. The van der Waals surface area contributed by atoms with Crippen LogP contribution in [-0.4, -0.2) is 17.1 Å². The number of ether oxygens (including phenoxy) is 1. The molecule has 1 aliphatic rings. The Balaban J connectivity index is 2.34. The molecular weight excluding hydrogens is 190 g/mol. The van der Waals surface area contributed by atoms with E-state index in [1.807, 2.05) is 0 Å². The van der Waals surface area contributed by atoms with Crippen LogP contribution in [0, 0.1) is 0 Å². The minimum Gasteiger partial charge on any atom is -0.480 e. The zero-order valence-electron chi connectivity index (χ0n) is 9.07. The summed E-state index contributed by atoms with van der Waals surface area (Å²) >= 11 is 0. The number of rotatable bonds is 2. The van der Waals surface area contributed by atoms with Crippen LogP contribution in [0.3, 0.4) is 0 Å². The summed E-state index contributed by atoms with van der Waals surface area (Å²) in [6.45, 7) is 0. The summed E-state index contributed by atoms with van der Waals surface area (Å²) in [5.74, 6) is 0.571. The van der Waals surface area contributed by atoms with E-state index in [4.69, 9.17) is 10.5 Å². The molecule has 0 bridgehead atoms. The summed E-state index contributed by atoms with van der Waals surface area (Å²) in [5, 5.41) is 0. The molecule has 0 atom stereocenters. The average molecular weight is 207 g/mol. The first-order valence-electron chi connectivity index (χ1n) is 5.41. The van der Waals surface area contributed by atoms with E-state index >= 15 is 0 Å². The molecule has 15 heavy (non-hydrogen) atoms. The highest BCUT2D eigenvalue weighted by Crippen LogP contribution is 2.36. The number of nitrogens with two attached hydrogens (primary N) is 1. The van der Waals surface area contributed by atoms with Gasteiger partial charge in [-0.1, -0.05) is 19.3 Å². The van der Waals surface area contributed by atoms with Gasteiger partial charge in [0.05, 0.1) is 12.6 Å². The SMILES string of the molecule is COc1nccnc1C1(N)CCCCC1. The van der Waals surface area contributed by atoms with Crippen molar-refractivity contribution in [3.8, 4) is 5.88 Å². The first kappa shape index (κ1) is 10.4. The monoisotopic (exact) mass is 207 g/mol. The fourth-order valence-corrected chi connectivity index (χ4v) is 2.24. The lowest BCUT2D eigenvalue weighted by atomic mass is 9.80. The summed E-state index contributed by atoms with van der Waals surface area (Å²) in [6, 6.07) is 0. The second kappa shape index (κ2) is 4.14.